The molecule has 5 nitrogen and oxygen atoms in total. The van der Waals surface area contributed by atoms with Crippen molar-refractivity contribution in [2.24, 2.45) is 7.05 Å². The molecule has 0 amide bonds. The molecular weight excluding hydrogens is 330 g/mol. The number of aromatic nitrogens is 2. The molecule has 0 fully saturated rings. The van der Waals surface area contributed by atoms with Crippen LogP contribution in [0.1, 0.15) is 11.4 Å². The highest BCUT2D eigenvalue weighted by Gasteiger charge is 2.19. The molecule has 1 N–H and O–H groups in total. The van der Waals surface area contributed by atoms with Crippen LogP contribution in [0, 0.1) is 13.8 Å². The first kappa shape index (κ1) is 14.1. The van der Waals surface area contributed by atoms with Gasteiger partial charge in [-0.25, -0.2) is 4.98 Å². The van der Waals surface area contributed by atoms with Gasteiger partial charge in [-0.2, -0.15) is 8.42 Å². The van der Waals surface area contributed by atoms with E-state index in [0.717, 1.165) is 10.0 Å². The molecule has 0 aliphatic rings. The van der Waals surface area contributed by atoms with Crippen LogP contribution in [-0.2, 0) is 17.1 Å². The van der Waals surface area contributed by atoms with Crippen molar-refractivity contribution in [2.75, 3.05) is 4.72 Å². The minimum Gasteiger partial charge on any atom is -0.337 e. The summed E-state index contributed by atoms with van der Waals surface area (Å²) < 4.78 is 29.5. The fourth-order valence-electron chi connectivity index (χ4n) is 1.57. The zero-order valence-corrected chi connectivity index (χ0v) is 13.2. The zero-order valence-electron chi connectivity index (χ0n) is 10.8. The molecule has 2 aromatic rings. The van der Waals surface area contributed by atoms with E-state index < -0.39 is 10.0 Å². The van der Waals surface area contributed by atoms with Gasteiger partial charge in [0.1, 0.15) is 5.82 Å². The van der Waals surface area contributed by atoms with E-state index in [9.17, 15) is 8.42 Å². The van der Waals surface area contributed by atoms with E-state index in [1.807, 2.05) is 13.0 Å². The molecule has 0 bridgehead atoms. The van der Waals surface area contributed by atoms with Crippen LogP contribution in [0.2, 0.25) is 0 Å². The second-order valence-electron chi connectivity index (χ2n) is 4.26. The Morgan fingerprint density at radius 1 is 1.32 bits per heavy atom. The second-order valence-corrected chi connectivity index (χ2v) is 6.74. The van der Waals surface area contributed by atoms with Gasteiger partial charge >= 0.3 is 0 Å². The Labute approximate surface area is 120 Å². The average Bonchev–Trinajstić information content (AvgIpc) is 2.66. The third kappa shape index (κ3) is 2.82. The van der Waals surface area contributed by atoms with E-state index >= 15 is 0 Å². The van der Waals surface area contributed by atoms with Crippen molar-refractivity contribution in [3.63, 3.8) is 0 Å². The summed E-state index contributed by atoms with van der Waals surface area (Å²) in [4.78, 5) is 4.03. The molecule has 19 heavy (non-hydrogen) atoms. The van der Waals surface area contributed by atoms with E-state index in [4.69, 9.17) is 0 Å². The lowest BCUT2D eigenvalue weighted by Crippen LogP contribution is -2.14. The number of nitrogens with one attached hydrogen (secondary N) is 1. The first-order chi connectivity index (χ1) is 8.81. The van der Waals surface area contributed by atoms with Crippen molar-refractivity contribution in [3.8, 4) is 0 Å². The monoisotopic (exact) mass is 343 g/mol. The van der Waals surface area contributed by atoms with E-state index in [2.05, 4.69) is 25.6 Å². The molecule has 0 atom stereocenters. The highest BCUT2D eigenvalue weighted by molar-refractivity contribution is 9.10. The van der Waals surface area contributed by atoms with Gasteiger partial charge < -0.3 is 4.57 Å². The van der Waals surface area contributed by atoms with Gasteiger partial charge in [-0.05, 0) is 31.5 Å². The number of halogens is 1. The molecule has 1 aromatic carbocycles. The minimum atomic E-state index is -3.66. The molecule has 0 saturated carbocycles. The number of aryl methyl sites for hydroxylation is 2. The summed E-state index contributed by atoms with van der Waals surface area (Å²) >= 11 is 3.37. The molecule has 0 radical (unpaired) electrons. The normalized spacial score (nSPS) is 11.6. The first-order valence-electron chi connectivity index (χ1n) is 5.59. The van der Waals surface area contributed by atoms with Crippen molar-refractivity contribution in [2.45, 2.75) is 18.9 Å². The lowest BCUT2D eigenvalue weighted by molar-refractivity contribution is 0.598. The molecule has 1 heterocycles. The summed E-state index contributed by atoms with van der Waals surface area (Å²) in [5, 5.41) is 0.0203. The summed E-state index contributed by atoms with van der Waals surface area (Å²) in [6.45, 7) is 3.59. The smallest absolute Gasteiger partial charge is 0.280 e. The Morgan fingerprint density at radius 2 is 2.00 bits per heavy atom. The molecule has 0 aliphatic carbocycles. The molecule has 0 saturated heterocycles. The largest absolute Gasteiger partial charge is 0.337 e. The molecule has 0 spiro atoms. The maximum atomic E-state index is 12.2. The van der Waals surface area contributed by atoms with Crippen LogP contribution in [0.25, 0.3) is 0 Å². The van der Waals surface area contributed by atoms with Gasteiger partial charge in [-0.1, -0.05) is 22.0 Å². The maximum absolute atomic E-state index is 12.2. The molecule has 1 aromatic heterocycles. The summed E-state index contributed by atoms with van der Waals surface area (Å²) in [6, 6.07) is 5.35. The predicted octanol–water partition coefficient (Wildman–Crippen LogP) is 2.60. The van der Waals surface area contributed by atoms with Crippen LogP contribution >= 0.6 is 15.9 Å². The predicted molar refractivity (Wildman–Crippen MR) is 77.6 cm³/mol. The number of anilines is 1. The van der Waals surface area contributed by atoms with Crippen molar-refractivity contribution in [1.82, 2.24) is 9.55 Å². The van der Waals surface area contributed by atoms with Crippen LogP contribution in [0.3, 0.4) is 0 Å². The van der Waals surface area contributed by atoms with E-state index in [1.165, 1.54) is 6.20 Å². The van der Waals surface area contributed by atoms with Crippen molar-refractivity contribution < 1.29 is 8.42 Å². The van der Waals surface area contributed by atoms with Crippen molar-refractivity contribution >= 4 is 31.6 Å². The molecule has 7 heteroatoms. The number of sulfonamides is 1. The van der Waals surface area contributed by atoms with Gasteiger partial charge in [0, 0.05) is 17.7 Å². The SMILES string of the molecule is Cc1c(Br)cccc1NS(=O)(=O)c1cn(C)c(C)n1. The summed E-state index contributed by atoms with van der Waals surface area (Å²) in [7, 11) is -1.90. The van der Waals surface area contributed by atoms with Crippen LogP contribution in [0.4, 0.5) is 5.69 Å². The number of imidazole rings is 1. The standard InChI is InChI=1S/C12H14BrN3O2S/c1-8-10(13)5-4-6-11(8)15-19(17,18)12-7-16(3)9(2)14-12/h4-7,15H,1-3H3. The molecular formula is C12H14BrN3O2S. The lowest BCUT2D eigenvalue weighted by atomic mass is 10.2. The molecule has 102 valence electrons. The van der Waals surface area contributed by atoms with Crippen LogP contribution in [0.15, 0.2) is 33.9 Å². The fraction of sp³-hybridized carbons (Fsp3) is 0.250. The van der Waals surface area contributed by atoms with Crippen LogP contribution in [0.5, 0.6) is 0 Å². The van der Waals surface area contributed by atoms with Gasteiger partial charge in [0.15, 0.2) is 5.03 Å². The minimum absolute atomic E-state index is 0.0203. The second kappa shape index (κ2) is 4.97. The Hall–Kier alpha value is -1.34. The Balaban J connectivity index is 2.39. The van der Waals surface area contributed by atoms with Gasteiger partial charge in [0.2, 0.25) is 0 Å². The quantitative estimate of drug-likeness (QED) is 0.931. The number of hydrogen-bond donors (Lipinski definition) is 1. The van der Waals surface area contributed by atoms with Crippen LogP contribution in [-0.4, -0.2) is 18.0 Å². The average molecular weight is 344 g/mol. The third-order valence-corrected chi connectivity index (χ3v) is 4.97. The van der Waals surface area contributed by atoms with Crippen LogP contribution < -0.4 is 4.72 Å². The Kier molecular flexibility index (Phi) is 3.69. The van der Waals surface area contributed by atoms with Gasteiger partial charge in [-0.15, -0.1) is 0 Å². The number of hydrogen-bond acceptors (Lipinski definition) is 3. The lowest BCUT2D eigenvalue weighted by Gasteiger charge is -2.09. The van der Waals surface area contributed by atoms with Gasteiger partial charge in [0.05, 0.1) is 5.69 Å². The maximum Gasteiger partial charge on any atom is 0.280 e. The number of benzene rings is 1. The summed E-state index contributed by atoms with van der Waals surface area (Å²) in [5.41, 5.74) is 1.37. The number of rotatable bonds is 3. The summed E-state index contributed by atoms with van der Waals surface area (Å²) in [6.07, 6.45) is 1.49. The first-order valence-corrected chi connectivity index (χ1v) is 7.87. The zero-order chi connectivity index (χ0) is 14.2. The highest BCUT2D eigenvalue weighted by Crippen LogP contribution is 2.25. The Bertz CT molecular complexity index is 703. The fourth-order valence-corrected chi connectivity index (χ4v) is 3.10. The van der Waals surface area contributed by atoms with Gasteiger partial charge in [0.25, 0.3) is 10.0 Å². The van der Waals surface area contributed by atoms with Crippen molar-refractivity contribution in [3.05, 3.63) is 40.3 Å². The van der Waals surface area contributed by atoms with E-state index in [-0.39, 0.29) is 5.03 Å². The van der Waals surface area contributed by atoms with E-state index in [1.54, 1.807) is 30.7 Å². The Morgan fingerprint density at radius 3 is 2.58 bits per heavy atom. The topological polar surface area (TPSA) is 64.0 Å². The highest BCUT2D eigenvalue weighted by atomic mass is 79.9. The van der Waals surface area contributed by atoms with Crippen molar-refractivity contribution in [1.29, 1.82) is 0 Å². The molecule has 0 unspecified atom stereocenters. The molecule has 2 rings (SSSR count). The molecule has 0 aliphatic heterocycles. The summed E-state index contributed by atoms with van der Waals surface area (Å²) in [5.74, 6) is 0.645. The van der Waals surface area contributed by atoms with Gasteiger partial charge in [-0.3, -0.25) is 4.72 Å². The number of nitrogens with zero attached hydrogens (tertiary/aromatic N) is 2. The van der Waals surface area contributed by atoms with E-state index in [0.29, 0.717) is 11.5 Å². The third-order valence-electron chi connectivity index (χ3n) is 2.87.